The second-order valence-corrected chi connectivity index (χ2v) is 8.16. The number of imidazole rings is 1. The van der Waals surface area contributed by atoms with E-state index in [2.05, 4.69) is 15.0 Å². The fraction of sp³-hybridized carbons (Fsp3) is 0.111. The molecule has 0 unspecified atom stereocenters. The van der Waals surface area contributed by atoms with Crippen LogP contribution in [0.4, 0.5) is 13.2 Å². The van der Waals surface area contributed by atoms with Crippen LogP contribution in [0, 0.1) is 6.92 Å². The van der Waals surface area contributed by atoms with E-state index in [4.69, 9.17) is 14.6 Å². The number of methoxy groups -OCH3 is 1. The van der Waals surface area contributed by atoms with Crippen LogP contribution in [0.15, 0.2) is 71.9 Å². The Morgan fingerprint density at radius 3 is 2.37 bits per heavy atom. The summed E-state index contributed by atoms with van der Waals surface area (Å²) in [5.74, 6) is -1.53. The SMILES string of the molecule is COc1cc(/C=C/c2nc3cc4ccccc4cc3c(=O)[nH]2)ccc1-n1cnc(C)c1.O=C(O)C(F)(F)F. The predicted molar refractivity (Wildman–Crippen MR) is 137 cm³/mol. The number of carboxylic acids is 1. The van der Waals surface area contributed by atoms with Crippen molar-refractivity contribution in [2.24, 2.45) is 0 Å². The molecule has 0 aliphatic carbocycles. The number of carbonyl (C=O) groups is 1. The van der Waals surface area contributed by atoms with E-state index in [9.17, 15) is 18.0 Å². The summed E-state index contributed by atoms with van der Waals surface area (Å²) in [6.07, 6.45) is 2.32. The number of aromatic nitrogens is 4. The number of hydrogen-bond donors (Lipinski definition) is 2. The first-order valence-corrected chi connectivity index (χ1v) is 11.1. The molecule has 2 heterocycles. The molecule has 5 rings (SSSR count). The van der Waals surface area contributed by atoms with E-state index in [0.717, 1.165) is 33.5 Å². The molecule has 0 radical (unpaired) electrons. The molecule has 0 spiro atoms. The van der Waals surface area contributed by atoms with Crippen LogP contribution in [0.3, 0.4) is 0 Å². The first kappa shape index (κ1) is 26.1. The highest BCUT2D eigenvalue weighted by molar-refractivity contribution is 5.96. The highest BCUT2D eigenvalue weighted by Gasteiger charge is 2.38. The Labute approximate surface area is 213 Å². The highest BCUT2D eigenvalue weighted by Crippen LogP contribution is 2.25. The Kier molecular flexibility index (Phi) is 7.28. The lowest BCUT2D eigenvalue weighted by Crippen LogP contribution is -2.21. The molecule has 38 heavy (non-hydrogen) atoms. The van der Waals surface area contributed by atoms with Crippen molar-refractivity contribution >= 4 is 39.8 Å². The average molecular weight is 522 g/mol. The zero-order chi connectivity index (χ0) is 27.4. The van der Waals surface area contributed by atoms with Gasteiger partial charge in [-0.05, 0) is 53.6 Å². The zero-order valence-electron chi connectivity index (χ0n) is 20.2. The van der Waals surface area contributed by atoms with Crippen molar-refractivity contribution in [2.45, 2.75) is 13.1 Å². The van der Waals surface area contributed by atoms with Crippen molar-refractivity contribution in [3.8, 4) is 11.4 Å². The van der Waals surface area contributed by atoms with Crippen LogP contribution >= 0.6 is 0 Å². The molecule has 0 saturated carbocycles. The maximum atomic E-state index is 12.6. The van der Waals surface area contributed by atoms with Crippen molar-refractivity contribution in [3.63, 3.8) is 0 Å². The van der Waals surface area contributed by atoms with Gasteiger partial charge in [0.15, 0.2) is 0 Å². The quantitative estimate of drug-likeness (QED) is 0.307. The zero-order valence-corrected chi connectivity index (χ0v) is 20.2. The van der Waals surface area contributed by atoms with Gasteiger partial charge in [-0.25, -0.2) is 14.8 Å². The summed E-state index contributed by atoms with van der Waals surface area (Å²) < 4.78 is 39.2. The number of fused-ring (bicyclic) bond motifs is 2. The van der Waals surface area contributed by atoms with Crippen molar-refractivity contribution in [2.75, 3.05) is 7.11 Å². The number of ether oxygens (including phenoxy) is 1. The minimum atomic E-state index is -5.08. The van der Waals surface area contributed by atoms with Gasteiger partial charge in [-0.3, -0.25) is 4.79 Å². The molecule has 11 heteroatoms. The van der Waals surface area contributed by atoms with E-state index in [-0.39, 0.29) is 5.56 Å². The molecule has 5 aromatic rings. The Bertz CT molecular complexity index is 1720. The Morgan fingerprint density at radius 1 is 1.08 bits per heavy atom. The van der Waals surface area contributed by atoms with Crippen LogP contribution in [-0.4, -0.2) is 43.9 Å². The largest absolute Gasteiger partial charge is 0.495 e. The predicted octanol–water partition coefficient (Wildman–Crippen LogP) is 5.38. The molecule has 0 aliphatic heterocycles. The van der Waals surface area contributed by atoms with E-state index in [1.807, 2.05) is 78.4 Å². The molecule has 0 saturated heterocycles. The summed E-state index contributed by atoms with van der Waals surface area (Å²) in [4.78, 5) is 33.2. The molecular weight excluding hydrogens is 501 g/mol. The van der Waals surface area contributed by atoms with Gasteiger partial charge in [-0.15, -0.1) is 0 Å². The number of halogens is 3. The number of alkyl halides is 3. The van der Waals surface area contributed by atoms with Crippen LogP contribution in [0.2, 0.25) is 0 Å². The Balaban J connectivity index is 0.000000426. The normalized spacial score (nSPS) is 11.5. The van der Waals surface area contributed by atoms with Gasteiger partial charge >= 0.3 is 12.1 Å². The molecule has 0 amide bonds. The van der Waals surface area contributed by atoms with Gasteiger partial charge in [0.25, 0.3) is 5.56 Å². The van der Waals surface area contributed by atoms with E-state index >= 15 is 0 Å². The Morgan fingerprint density at radius 2 is 1.76 bits per heavy atom. The number of carboxylic acid groups (broad SMARTS) is 1. The van der Waals surface area contributed by atoms with E-state index < -0.39 is 12.1 Å². The topological polar surface area (TPSA) is 110 Å². The summed E-state index contributed by atoms with van der Waals surface area (Å²) in [5.41, 5.74) is 3.29. The lowest BCUT2D eigenvalue weighted by atomic mass is 10.1. The monoisotopic (exact) mass is 522 g/mol. The van der Waals surface area contributed by atoms with Gasteiger partial charge in [0.1, 0.15) is 11.6 Å². The molecule has 0 atom stereocenters. The lowest BCUT2D eigenvalue weighted by Gasteiger charge is -2.10. The van der Waals surface area contributed by atoms with Gasteiger partial charge < -0.3 is 19.4 Å². The van der Waals surface area contributed by atoms with Crippen molar-refractivity contribution in [1.82, 2.24) is 19.5 Å². The van der Waals surface area contributed by atoms with E-state index in [0.29, 0.717) is 16.7 Å². The summed E-state index contributed by atoms with van der Waals surface area (Å²) in [7, 11) is 1.64. The molecule has 8 nitrogen and oxygen atoms in total. The second kappa shape index (κ2) is 10.6. The number of aromatic amines is 1. The number of hydrogen-bond acceptors (Lipinski definition) is 5. The summed E-state index contributed by atoms with van der Waals surface area (Å²) >= 11 is 0. The van der Waals surface area contributed by atoms with Gasteiger partial charge in [0, 0.05) is 6.20 Å². The first-order chi connectivity index (χ1) is 18.0. The number of H-pyrrole nitrogens is 1. The van der Waals surface area contributed by atoms with Gasteiger partial charge in [-0.2, -0.15) is 13.2 Å². The Hall–Kier alpha value is -4.93. The number of nitrogens with zero attached hydrogens (tertiary/aromatic N) is 3. The van der Waals surface area contributed by atoms with Crippen LogP contribution in [0.5, 0.6) is 5.75 Å². The van der Waals surface area contributed by atoms with Gasteiger partial charge in [-0.1, -0.05) is 36.4 Å². The molecule has 0 fully saturated rings. The standard InChI is InChI=1S/C25H20N4O2.C2HF3O2/c1-16-14-29(15-26-16)22-9-7-17(11-23(22)31-2)8-10-24-27-21-13-19-6-4-3-5-18(19)12-20(21)25(30)28-24;3-2(4,5)1(6)7/h3-15H,1-2H3,(H,27,28,30);(H,6,7)/b10-8+;. The fourth-order valence-electron chi connectivity index (χ4n) is 3.66. The number of aliphatic carboxylic acids is 1. The number of aryl methyl sites for hydroxylation is 1. The van der Waals surface area contributed by atoms with Crippen molar-refractivity contribution in [3.05, 3.63) is 94.6 Å². The molecule has 0 bridgehead atoms. The third-order valence-electron chi connectivity index (χ3n) is 5.46. The number of rotatable bonds is 4. The average Bonchev–Trinajstić information content (AvgIpc) is 3.32. The maximum Gasteiger partial charge on any atom is 0.490 e. The molecule has 2 aromatic heterocycles. The van der Waals surface area contributed by atoms with Gasteiger partial charge in [0.2, 0.25) is 0 Å². The minimum absolute atomic E-state index is 0.154. The molecule has 3 aromatic carbocycles. The smallest absolute Gasteiger partial charge is 0.490 e. The van der Waals surface area contributed by atoms with Gasteiger partial charge in [0.05, 0.1) is 35.7 Å². The van der Waals surface area contributed by atoms with Crippen LogP contribution in [-0.2, 0) is 4.79 Å². The fourth-order valence-corrected chi connectivity index (χ4v) is 3.66. The highest BCUT2D eigenvalue weighted by atomic mass is 19.4. The number of benzene rings is 3. The second-order valence-electron chi connectivity index (χ2n) is 8.16. The summed E-state index contributed by atoms with van der Waals surface area (Å²) in [5, 5.41) is 9.78. The van der Waals surface area contributed by atoms with Crippen molar-refractivity contribution < 1.29 is 27.8 Å². The molecule has 2 N–H and O–H groups in total. The van der Waals surface area contributed by atoms with Crippen LogP contribution < -0.4 is 10.3 Å². The van der Waals surface area contributed by atoms with Crippen molar-refractivity contribution in [1.29, 1.82) is 0 Å². The number of nitrogens with one attached hydrogen (secondary N) is 1. The molecule has 0 aliphatic rings. The minimum Gasteiger partial charge on any atom is -0.495 e. The van der Waals surface area contributed by atoms with Crippen LogP contribution in [0.25, 0.3) is 39.5 Å². The summed E-state index contributed by atoms with van der Waals surface area (Å²) in [6.45, 7) is 1.94. The molecular formula is C27H21F3N4O4. The van der Waals surface area contributed by atoms with E-state index in [1.54, 1.807) is 19.5 Å². The summed E-state index contributed by atoms with van der Waals surface area (Å²) in [6, 6.07) is 17.7. The third kappa shape index (κ3) is 5.89. The lowest BCUT2D eigenvalue weighted by molar-refractivity contribution is -0.192. The van der Waals surface area contributed by atoms with Crippen LogP contribution in [0.1, 0.15) is 17.1 Å². The molecule has 194 valence electrons. The maximum absolute atomic E-state index is 12.6. The van der Waals surface area contributed by atoms with E-state index in [1.165, 1.54) is 0 Å². The first-order valence-electron chi connectivity index (χ1n) is 11.1. The third-order valence-corrected chi connectivity index (χ3v) is 5.46.